The molecule has 0 atom stereocenters. The second-order valence-corrected chi connectivity index (χ2v) is 6.66. The van der Waals surface area contributed by atoms with E-state index in [1.54, 1.807) is 6.07 Å². The van der Waals surface area contributed by atoms with Crippen molar-refractivity contribution in [3.63, 3.8) is 0 Å². The topological polar surface area (TPSA) is 43.8 Å². The van der Waals surface area contributed by atoms with E-state index in [0.29, 0.717) is 10.7 Å². The van der Waals surface area contributed by atoms with Crippen LogP contribution in [0.1, 0.15) is 19.9 Å². The predicted octanol–water partition coefficient (Wildman–Crippen LogP) is 5.28. The number of anilines is 1. The third kappa shape index (κ3) is 2.65. The van der Waals surface area contributed by atoms with Crippen LogP contribution in [0.25, 0.3) is 22.4 Å². The molecule has 5 heteroatoms. The number of fused-ring (bicyclic) bond motifs is 1. The minimum Gasteiger partial charge on any atom is -0.399 e. The lowest BCUT2D eigenvalue weighted by Gasteiger charge is -2.13. The summed E-state index contributed by atoms with van der Waals surface area (Å²) in [5.74, 6) is 0.882. The SMILES string of the molecule is CC(C)n1c(-c2cc(N)cc(Cl)c2)nc2cc(Br)ccc21. The number of imidazole rings is 1. The highest BCUT2D eigenvalue weighted by molar-refractivity contribution is 9.10. The Balaban J connectivity index is 2.33. The van der Waals surface area contributed by atoms with Crippen LogP contribution in [0.2, 0.25) is 5.02 Å². The second-order valence-electron chi connectivity index (χ2n) is 5.31. The average molecular weight is 365 g/mol. The summed E-state index contributed by atoms with van der Waals surface area (Å²) in [6.45, 7) is 4.28. The third-order valence-corrected chi connectivity index (χ3v) is 4.06. The van der Waals surface area contributed by atoms with Gasteiger partial charge in [-0.05, 0) is 50.2 Å². The normalized spacial score (nSPS) is 11.5. The van der Waals surface area contributed by atoms with Gasteiger partial charge in [0.15, 0.2) is 0 Å². The predicted molar refractivity (Wildman–Crippen MR) is 92.7 cm³/mol. The molecule has 3 nitrogen and oxygen atoms in total. The van der Waals surface area contributed by atoms with Gasteiger partial charge in [0.05, 0.1) is 11.0 Å². The maximum absolute atomic E-state index is 6.13. The first-order valence-corrected chi connectivity index (χ1v) is 7.87. The average Bonchev–Trinajstić information content (AvgIpc) is 2.75. The van der Waals surface area contributed by atoms with Gasteiger partial charge < -0.3 is 10.3 Å². The summed E-state index contributed by atoms with van der Waals surface area (Å²) in [6, 6.07) is 11.9. The summed E-state index contributed by atoms with van der Waals surface area (Å²) >= 11 is 9.62. The molecule has 0 amide bonds. The third-order valence-electron chi connectivity index (χ3n) is 3.35. The lowest BCUT2D eigenvalue weighted by molar-refractivity contribution is 0.624. The largest absolute Gasteiger partial charge is 0.399 e. The van der Waals surface area contributed by atoms with Gasteiger partial charge in [-0.15, -0.1) is 0 Å². The summed E-state index contributed by atoms with van der Waals surface area (Å²) in [5.41, 5.74) is 9.53. The van der Waals surface area contributed by atoms with E-state index >= 15 is 0 Å². The number of nitrogen functional groups attached to an aromatic ring is 1. The molecule has 0 aliphatic carbocycles. The van der Waals surface area contributed by atoms with Crippen LogP contribution >= 0.6 is 27.5 Å². The highest BCUT2D eigenvalue weighted by Crippen LogP contribution is 2.32. The van der Waals surface area contributed by atoms with E-state index in [9.17, 15) is 0 Å². The van der Waals surface area contributed by atoms with E-state index in [1.165, 1.54) is 0 Å². The molecule has 0 aliphatic heterocycles. The summed E-state index contributed by atoms with van der Waals surface area (Å²) in [6.07, 6.45) is 0. The monoisotopic (exact) mass is 363 g/mol. The van der Waals surface area contributed by atoms with Crippen molar-refractivity contribution in [2.24, 2.45) is 0 Å². The first-order valence-electron chi connectivity index (χ1n) is 6.69. The van der Waals surface area contributed by atoms with Crippen LogP contribution in [0.3, 0.4) is 0 Å². The Morgan fingerprint density at radius 2 is 1.95 bits per heavy atom. The Labute approximate surface area is 136 Å². The number of nitrogens with zero attached hydrogens (tertiary/aromatic N) is 2. The zero-order valence-electron chi connectivity index (χ0n) is 11.8. The Morgan fingerprint density at radius 1 is 1.19 bits per heavy atom. The van der Waals surface area contributed by atoms with Gasteiger partial charge >= 0.3 is 0 Å². The molecule has 0 spiro atoms. The van der Waals surface area contributed by atoms with E-state index in [-0.39, 0.29) is 6.04 Å². The molecule has 108 valence electrons. The number of hydrogen-bond donors (Lipinski definition) is 1. The van der Waals surface area contributed by atoms with Gasteiger partial charge in [0, 0.05) is 26.8 Å². The molecule has 0 radical (unpaired) electrons. The number of benzene rings is 2. The standard InChI is InChI=1S/C16H15BrClN3/c1-9(2)21-15-4-3-11(17)7-14(15)20-16(21)10-5-12(18)8-13(19)6-10/h3-9H,19H2,1-2H3. The summed E-state index contributed by atoms with van der Waals surface area (Å²) < 4.78 is 3.22. The van der Waals surface area contributed by atoms with Gasteiger partial charge in [0.2, 0.25) is 0 Å². The van der Waals surface area contributed by atoms with E-state index < -0.39 is 0 Å². The Morgan fingerprint density at radius 3 is 2.62 bits per heavy atom. The van der Waals surface area contributed by atoms with Crippen LogP contribution in [0.4, 0.5) is 5.69 Å². The number of nitrogens with two attached hydrogens (primary N) is 1. The van der Waals surface area contributed by atoms with Gasteiger partial charge in [0.1, 0.15) is 5.82 Å². The van der Waals surface area contributed by atoms with Crippen molar-refractivity contribution in [1.82, 2.24) is 9.55 Å². The van der Waals surface area contributed by atoms with E-state index in [4.69, 9.17) is 22.3 Å². The number of hydrogen-bond acceptors (Lipinski definition) is 2. The molecule has 3 rings (SSSR count). The first kappa shape index (κ1) is 14.4. The molecule has 0 aliphatic rings. The minimum atomic E-state index is 0.284. The summed E-state index contributed by atoms with van der Waals surface area (Å²) in [4.78, 5) is 4.77. The van der Waals surface area contributed by atoms with Crippen LogP contribution in [-0.2, 0) is 0 Å². The fraction of sp³-hybridized carbons (Fsp3) is 0.188. The van der Waals surface area contributed by atoms with Crippen molar-refractivity contribution in [1.29, 1.82) is 0 Å². The van der Waals surface area contributed by atoms with Crippen LogP contribution in [-0.4, -0.2) is 9.55 Å². The Hall–Kier alpha value is -1.52. The highest BCUT2D eigenvalue weighted by atomic mass is 79.9. The van der Waals surface area contributed by atoms with Crippen molar-refractivity contribution in [2.45, 2.75) is 19.9 Å². The zero-order chi connectivity index (χ0) is 15.1. The van der Waals surface area contributed by atoms with Crippen molar-refractivity contribution in [3.05, 3.63) is 45.9 Å². The summed E-state index contributed by atoms with van der Waals surface area (Å²) in [5, 5.41) is 0.619. The van der Waals surface area contributed by atoms with Gasteiger partial charge in [-0.1, -0.05) is 27.5 Å². The first-order chi connectivity index (χ1) is 9.95. The molecule has 0 fully saturated rings. The summed E-state index contributed by atoms with van der Waals surface area (Å²) in [7, 11) is 0. The highest BCUT2D eigenvalue weighted by Gasteiger charge is 2.15. The van der Waals surface area contributed by atoms with Crippen molar-refractivity contribution < 1.29 is 0 Å². The minimum absolute atomic E-state index is 0.284. The maximum atomic E-state index is 6.13. The van der Waals surface area contributed by atoms with Crippen molar-refractivity contribution >= 4 is 44.3 Å². The quantitative estimate of drug-likeness (QED) is 0.628. The molecule has 2 aromatic carbocycles. The molecule has 0 saturated heterocycles. The lowest BCUT2D eigenvalue weighted by Crippen LogP contribution is -2.03. The van der Waals surface area contributed by atoms with E-state index in [0.717, 1.165) is 26.9 Å². The fourth-order valence-corrected chi connectivity index (χ4v) is 3.13. The molecular weight excluding hydrogens is 350 g/mol. The number of rotatable bonds is 2. The zero-order valence-corrected chi connectivity index (χ0v) is 14.1. The number of halogens is 2. The van der Waals surface area contributed by atoms with E-state index in [1.807, 2.05) is 24.3 Å². The van der Waals surface area contributed by atoms with Crippen LogP contribution in [0, 0.1) is 0 Å². The van der Waals surface area contributed by atoms with Gasteiger partial charge in [-0.2, -0.15) is 0 Å². The van der Waals surface area contributed by atoms with Crippen LogP contribution in [0.15, 0.2) is 40.9 Å². The molecule has 0 unspecified atom stereocenters. The Bertz CT molecular complexity index is 803. The molecule has 2 N–H and O–H groups in total. The van der Waals surface area contributed by atoms with Gasteiger partial charge in [-0.25, -0.2) is 4.98 Å². The Kier molecular flexibility index (Phi) is 3.68. The smallest absolute Gasteiger partial charge is 0.141 e. The molecule has 21 heavy (non-hydrogen) atoms. The van der Waals surface area contributed by atoms with E-state index in [2.05, 4.69) is 40.4 Å². The van der Waals surface area contributed by atoms with Crippen molar-refractivity contribution in [2.75, 3.05) is 5.73 Å². The van der Waals surface area contributed by atoms with Crippen LogP contribution < -0.4 is 5.73 Å². The second kappa shape index (κ2) is 5.35. The fourth-order valence-electron chi connectivity index (χ4n) is 2.54. The molecule has 3 aromatic rings. The van der Waals surface area contributed by atoms with Crippen LogP contribution in [0.5, 0.6) is 0 Å². The molecule has 1 heterocycles. The lowest BCUT2D eigenvalue weighted by atomic mass is 10.2. The molecule has 0 bridgehead atoms. The maximum Gasteiger partial charge on any atom is 0.141 e. The molecule has 0 saturated carbocycles. The van der Waals surface area contributed by atoms with Gasteiger partial charge in [0.25, 0.3) is 0 Å². The molecular formula is C16H15BrClN3. The molecule has 1 aromatic heterocycles. The van der Waals surface area contributed by atoms with Crippen molar-refractivity contribution in [3.8, 4) is 11.4 Å². The number of aromatic nitrogens is 2. The van der Waals surface area contributed by atoms with Gasteiger partial charge in [-0.3, -0.25) is 0 Å².